The molecule has 2 rings (SSSR count). The molecule has 1 fully saturated rings. The molecule has 116 valence electrons. The summed E-state index contributed by atoms with van der Waals surface area (Å²) in [6.07, 6.45) is 0.659. The summed E-state index contributed by atoms with van der Waals surface area (Å²) in [7, 11) is 0. The maximum atomic E-state index is 12.3. The zero-order valence-electron chi connectivity index (χ0n) is 11.1. The molecule has 0 aromatic heterocycles. The summed E-state index contributed by atoms with van der Waals surface area (Å²) in [5.74, 6) is -2.23. The highest BCUT2D eigenvalue weighted by Crippen LogP contribution is 2.26. The van der Waals surface area contributed by atoms with Crippen molar-refractivity contribution >= 4 is 23.3 Å². The van der Waals surface area contributed by atoms with Gasteiger partial charge in [0.1, 0.15) is 0 Å². The van der Waals surface area contributed by atoms with E-state index < -0.39 is 39.1 Å². The van der Waals surface area contributed by atoms with Gasteiger partial charge in [-0.2, -0.15) is 0 Å². The van der Waals surface area contributed by atoms with Crippen LogP contribution in [0.2, 0.25) is 0 Å². The minimum absolute atomic E-state index is 0.147. The van der Waals surface area contributed by atoms with Gasteiger partial charge in [-0.15, -0.1) is 0 Å². The Labute approximate surface area is 123 Å². The maximum Gasteiger partial charge on any atom is 0.277 e. The highest BCUT2D eigenvalue weighted by molar-refractivity contribution is 5.98. The summed E-state index contributed by atoms with van der Waals surface area (Å²) in [6, 6.07) is 1.38. The lowest BCUT2D eigenvalue weighted by Crippen LogP contribution is -2.47. The lowest BCUT2D eigenvalue weighted by molar-refractivity contribution is -0.394. The van der Waals surface area contributed by atoms with Crippen molar-refractivity contribution < 1.29 is 24.5 Å². The number of carboxylic acids is 1. The number of carboxylic acid groups (broad SMARTS) is 1. The zero-order valence-corrected chi connectivity index (χ0v) is 11.1. The molecular weight excluding hydrogens is 298 g/mol. The van der Waals surface area contributed by atoms with Gasteiger partial charge in [0.2, 0.25) is 0 Å². The van der Waals surface area contributed by atoms with Gasteiger partial charge in [-0.1, -0.05) is 0 Å². The van der Waals surface area contributed by atoms with Gasteiger partial charge >= 0.3 is 0 Å². The molecule has 0 saturated carbocycles. The number of likely N-dealkylation sites (tertiary alicyclic amines) is 1. The van der Waals surface area contributed by atoms with E-state index in [0.717, 1.165) is 23.1 Å². The van der Waals surface area contributed by atoms with Crippen molar-refractivity contribution in [1.29, 1.82) is 0 Å². The van der Waals surface area contributed by atoms with E-state index in [2.05, 4.69) is 0 Å². The van der Waals surface area contributed by atoms with Crippen LogP contribution in [0.25, 0.3) is 0 Å². The van der Waals surface area contributed by atoms with Gasteiger partial charge in [0, 0.05) is 18.7 Å². The quantitative estimate of drug-likeness (QED) is 0.555. The van der Waals surface area contributed by atoms with Gasteiger partial charge in [0.05, 0.1) is 33.5 Å². The van der Waals surface area contributed by atoms with Crippen molar-refractivity contribution in [3.05, 3.63) is 44.0 Å². The monoisotopic (exact) mass is 308 g/mol. The van der Waals surface area contributed by atoms with Crippen molar-refractivity contribution in [1.82, 2.24) is 4.90 Å². The number of carbonyl (C=O) groups is 2. The highest BCUT2D eigenvalue weighted by Gasteiger charge is 2.32. The molecule has 10 nitrogen and oxygen atoms in total. The van der Waals surface area contributed by atoms with Gasteiger partial charge < -0.3 is 14.8 Å². The molecule has 1 heterocycles. The Balaban J connectivity index is 2.42. The van der Waals surface area contributed by atoms with Gasteiger partial charge in [0.25, 0.3) is 17.3 Å². The molecule has 1 atom stereocenters. The standard InChI is InChI=1S/C12H11N3O7/c16-11(13-3-1-2-10(13)12(17)18)7-4-8(14(19)20)6-9(5-7)15(21)22/h4-6,10H,1-3H2,(H,17,18)/p-1. The fourth-order valence-electron chi connectivity index (χ4n) is 2.35. The predicted octanol–water partition coefficient (Wildman–Crippen LogP) is -0.143. The van der Waals surface area contributed by atoms with E-state index in [1.165, 1.54) is 0 Å². The average molecular weight is 308 g/mol. The number of aliphatic carboxylic acids is 1. The van der Waals surface area contributed by atoms with E-state index in [4.69, 9.17) is 0 Å². The maximum absolute atomic E-state index is 12.3. The van der Waals surface area contributed by atoms with Crippen LogP contribution in [0.15, 0.2) is 18.2 Å². The molecule has 0 bridgehead atoms. The van der Waals surface area contributed by atoms with Gasteiger partial charge in [0.15, 0.2) is 0 Å². The minimum Gasteiger partial charge on any atom is -0.548 e. The number of nitro benzene ring substituents is 2. The molecule has 0 aliphatic carbocycles. The third-order valence-corrected chi connectivity index (χ3v) is 3.36. The normalized spacial score (nSPS) is 17.3. The second kappa shape index (κ2) is 5.76. The Morgan fingerprint density at radius 2 is 1.64 bits per heavy atom. The number of carbonyl (C=O) groups excluding carboxylic acids is 2. The first-order valence-corrected chi connectivity index (χ1v) is 6.27. The fourth-order valence-corrected chi connectivity index (χ4v) is 2.35. The molecule has 1 saturated heterocycles. The smallest absolute Gasteiger partial charge is 0.277 e. The highest BCUT2D eigenvalue weighted by atomic mass is 16.6. The van der Waals surface area contributed by atoms with E-state index in [0.29, 0.717) is 6.42 Å². The van der Waals surface area contributed by atoms with E-state index in [1.54, 1.807) is 0 Å². The van der Waals surface area contributed by atoms with Crippen LogP contribution in [-0.2, 0) is 4.79 Å². The van der Waals surface area contributed by atoms with E-state index >= 15 is 0 Å². The summed E-state index contributed by atoms with van der Waals surface area (Å²) < 4.78 is 0. The molecule has 1 amide bonds. The van der Waals surface area contributed by atoms with Crippen LogP contribution in [0.4, 0.5) is 11.4 Å². The molecule has 0 radical (unpaired) electrons. The van der Waals surface area contributed by atoms with E-state index in [9.17, 15) is 34.9 Å². The third-order valence-electron chi connectivity index (χ3n) is 3.36. The summed E-state index contributed by atoms with van der Waals surface area (Å²) in [5.41, 5.74) is -1.52. The van der Waals surface area contributed by atoms with Crippen LogP contribution < -0.4 is 5.11 Å². The number of hydrogen-bond donors (Lipinski definition) is 0. The average Bonchev–Trinajstić information content (AvgIpc) is 2.95. The Bertz CT molecular complexity index is 640. The molecule has 1 unspecified atom stereocenters. The number of non-ortho nitro benzene ring substituents is 2. The first kappa shape index (κ1) is 15.4. The van der Waals surface area contributed by atoms with E-state index in [-0.39, 0.29) is 18.5 Å². The second-order valence-electron chi connectivity index (χ2n) is 4.73. The Morgan fingerprint density at radius 3 is 2.09 bits per heavy atom. The number of nitrogens with zero attached hydrogens (tertiary/aromatic N) is 3. The first-order chi connectivity index (χ1) is 10.3. The number of nitro groups is 2. The summed E-state index contributed by atoms with van der Waals surface area (Å²) >= 11 is 0. The Morgan fingerprint density at radius 1 is 1.09 bits per heavy atom. The number of benzene rings is 1. The van der Waals surface area contributed by atoms with Crippen molar-refractivity contribution in [2.24, 2.45) is 0 Å². The molecular formula is C12H10N3O7-. The zero-order chi connectivity index (χ0) is 16.4. The van der Waals surface area contributed by atoms with Crippen molar-refractivity contribution in [3.8, 4) is 0 Å². The molecule has 10 heteroatoms. The number of hydrogen-bond acceptors (Lipinski definition) is 7. The Kier molecular flexibility index (Phi) is 4.02. The molecule has 1 aliphatic rings. The van der Waals surface area contributed by atoms with Gasteiger partial charge in [-0.05, 0) is 12.8 Å². The lowest BCUT2D eigenvalue weighted by Gasteiger charge is -2.25. The topological polar surface area (TPSA) is 147 Å². The van der Waals surface area contributed by atoms with Crippen LogP contribution >= 0.6 is 0 Å². The molecule has 1 aliphatic heterocycles. The lowest BCUT2D eigenvalue weighted by atomic mass is 10.1. The summed E-state index contributed by atoms with van der Waals surface area (Å²) in [6.45, 7) is 0.147. The number of amides is 1. The fraction of sp³-hybridized carbons (Fsp3) is 0.333. The Hall–Kier alpha value is -3.04. The van der Waals surface area contributed by atoms with Crippen LogP contribution in [-0.4, -0.2) is 39.2 Å². The molecule has 0 N–H and O–H groups in total. The largest absolute Gasteiger partial charge is 0.548 e. The predicted molar refractivity (Wildman–Crippen MR) is 68.8 cm³/mol. The van der Waals surface area contributed by atoms with E-state index in [1.807, 2.05) is 0 Å². The third kappa shape index (κ3) is 2.85. The molecule has 0 spiro atoms. The SMILES string of the molecule is O=C([O-])C1CCCN1C(=O)c1cc([N+](=O)[O-])cc([N+](=O)[O-])c1. The van der Waals surface area contributed by atoms with Crippen molar-refractivity contribution in [3.63, 3.8) is 0 Å². The molecule has 1 aromatic rings. The molecule has 22 heavy (non-hydrogen) atoms. The van der Waals surface area contributed by atoms with Crippen LogP contribution in [0, 0.1) is 20.2 Å². The van der Waals surface area contributed by atoms with Gasteiger partial charge in [-0.3, -0.25) is 25.0 Å². The van der Waals surface area contributed by atoms with Crippen LogP contribution in [0.3, 0.4) is 0 Å². The van der Waals surface area contributed by atoms with Crippen LogP contribution in [0.1, 0.15) is 23.2 Å². The molecule has 1 aromatic carbocycles. The summed E-state index contributed by atoms with van der Waals surface area (Å²) in [4.78, 5) is 44.2. The number of rotatable bonds is 4. The van der Waals surface area contributed by atoms with Crippen LogP contribution in [0.5, 0.6) is 0 Å². The van der Waals surface area contributed by atoms with Crippen molar-refractivity contribution in [2.45, 2.75) is 18.9 Å². The van der Waals surface area contributed by atoms with Gasteiger partial charge in [-0.25, -0.2) is 0 Å². The second-order valence-corrected chi connectivity index (χ2v) is 4.73. The minimum atomic E-state index is -1.43. The first-order valence-electron chi connectivity index (χ1n) is 6.27. The van der Waals surface area contributed by atoms with Crippen molar-refractivity contribution in [2.75, 3.05) is 6.54 Å². The summed E-state index contributed by atoms with van der Waals surface area (Å²) in [5, 5.41) is 32.6.